The summed E-state index contributed by atoms with van der Waals surface area (Å²) in [4.78, 5) is 4.40. The highest BCUT2D eigenvalue weighted by Crippen LogP contribution is 2.35. The van der Waals surface area contributed by atoms with Crippen LogP contribution in [0.25, 0.3) is 16.9 Å². The van der Waals surface area contributed by atoms with Gasteiger partial charge in [0.05, 0.1) is 35.3 Å². The van der Waals surface area contributed by atoms with E-state index in [0.29, 0.717) is 18.7 Å². The normalized spacial score (nSPS) is 16.9. The Morgan fingerprint density at radius 1 is 1.11 bits per heavy atom. The molecule has 1 aliphatic rings. The standard InChI is InChI=1S/C21H20F3N3O/c1-12-7-15(8-13(2)25-12)20-18-11-28-14(3)9-19(18)27(26-20)17-6-4-5-16(10-17)21(22,23)24/h4-8,10,14H,9,11H2,1-3H3. The number of hydrogen-bond acceptors (Lipinski definition) is 3. The predicted molar refractivity (Wildman–Crippen MR) is 99.2 cm³/mol. The second-order valence-electron chi connectivity index (χ2n) is 7.20. The zero-order valence-electron chi connectivity index (χ0n) is 15.8. The summed E-state index contributed by atoms with van der Waals surface area (Å²) in [7, 11) is 0. The van der Waals surface area contributed by atoms with E-state index in [1.54, 1.807) is 10.7 Å². The molecule has 0 bridgehead atoms. The van der Waals surface area contributed by atoms with E-state index in [1.165, 1.54) is 6.07 Å². The fourth-order valence-corrected chi connectivity index (χ4v) is 3.63. The van der Waals surface area contributed by atoms with E-state index < -0.39 is 11.7 Å². The van der Waals surface area contributed by atoms with Crippen molar-refractivity contribution in [3.05, 3.63) is 64.6 Å². The van der Waals surface area contributed by atoms with Crippen molar-refractivity contribution in [2.75, 3.05) is 0 Å². The molecule has 1 aliphatic heterocycles. The van der Waals surface area contributed by atoms with Crippen LogP contribution in [0.15, 0.2) is 36.4 Å². The number of hydrogen-bond donors (Lipinski definition) is 0. The minimum absolute atomic E-state index is 0.0255. The van der Waals surface area contributed by atoms with E-state index >= 15 is 0 Å². The van der Waals surface area contributed by atoms with E-state index in [4.69, 9.17) is 9.84 Å². The monoisotopic (exact) mass is 387 g/mol. The van der Waals surface area contributed by atoms with Gasteiger partial charge in [-0.3, -0.25) is 4.98 Å². The second-order valence-corrected chi connectivity index (χ2v) is 7.20. The molecule has 0 N–H and O–H groups in total. The lowest BCUT2D eigenvalue weighted by Gasteiger charge is -2.21. The van der Waals surface area contributed by atoms with Crippen LogP contribution in [0.4, 0.5) is 13.2 Å². The number of aryl methyl sites for hydroxylation is 2. The van der Waals surface area contributed by atoms with E-state index in [2.05, 4.69) is 4.98 Å². The smallest absolute Gasteiger partial charge is 0.373 e. The molecule has 0 radical (unpaired) electrons. The molecule has 28 heavy (non-hydrogen) atoms. The summed E-state index contributed by atoms with van der Waals surface area (Å²) in [6.45, 7) is 6.15. The molecule has 4 rings (SSSR count). The molecular formula is C21H20F3N3O. The Balaban J connectivity index is 1.91. The number of pyridine rings is 1. The minimum atomic E-state index is -4.40. The number of benzene rings is 1. The van der Waals surface area contributed by atoms with Crippen LogP contribution in [0.5, 0.6) is 0 Å². The van der Waals surface area contributed by atoms with Crippen molar-refractivity contribution >= 4 is 0 Å². The second kappa shape index (κ2) is 6.74. The average molecular weight is 387 g/mol. The Bertz CT molecular complexity index is 1020. The summed E-state index contributed by atoms with van der Waals surface area (Å²) in [6, 6.07) is 9.14. The highest BCUT2D eigenvalue weighted by atomic mass is 19.4. The van der Waals surface area contributed by atoms with E-state index in [-0.39, 0.29) is 6.10 Å². The highest BCUT2D eigenvalue weighted by molar-refractivity contribution is 5.66. The van der Waals surface area contributed by atoms with Crippen molar-refractivity contribution in [1.82, 2.24) is 14.8 Å². The molecule has 0 saturated carbocycles. The van der Waals surface area contributed by atoms with E-state index in [9.17, 15) is 13.2 Å². The molecule has 0 saturated heterocycles. The van der Waals surface area contributed by atoms with Crippen molar-refractivity contribution in [2.45, 2.75) is 46.1 Å². The zero-order chi connectivity index (χ0) is 20.1. The molecule has 1 aromatic carbocycles. The first-order valence-corrected chi connectivity index (χ1v) is 9.08. The zero-order valence-corrected chi connectivity index (χ0v) is 15.8. The van der Waals surface area contributed by atoms with Crippen molar-refractivity contribution in [2.24, 2.45) is 0 Å². The van der Waals surface area contributed by atoms with Crippen LogP contribution in [0.1, 0.15) is 35.1 Å². The highest BCUT2D eigenvalue weighted by Gasteiger charge is 2.32. The quantitative estimate of drug-likeness (QED) is 0.619. The number of rotatable bonds is 2. The van der Waals surface area contributed by atoms with E-state index in [0.717, 1.165) is 46.0 Å². The number of ether oxygens (including phenoxy) is 1. The largest absolute Gasteiger partial charge is 0.416 e. The van der Waals surface area contributed by atoms with Crippen LogP contribution in [0.3, 0.4) is 0 Å². The van der Waals surface area contributed by atoms with Gasteiger partial charge in [0.15, 0.2) is 0 Å². The molecule has 3 aromatic rings. The average Bonchev–Trinajstić information content (AvgIpc) is 2.99. The summed E-state index contributed by atoms with van der Waals surface area (Å²) >= 11 is 0. The molecule has 0 fully saturated rings. The summed E-state index contributed by atoms with van der Waals surface area (Å²) in [6.07, 6.45) is -3.84. The SMILES string of the molecule is Cc1cc(-c2nn(-c3cccc(C(F)(F)F)c3)c3c2COC(C)C3)cc(C)n1. The number of halogens is 3. The first-order chi connectivity index (χ1) is 13.2. The van der Waals surface area contributed by atoms with Crippen LogP contribution in [-0.4, -0.2) is 20.9 Å². The molecule has 3 heterocycles. The maximum Gasteiger partial charge on any atom is 0.416 e. The van der Waals surface area contributed by atoms with Gasteiger partial charge in [-0.1, -0.05) is 6.07 Å². The first kappa shape index (κ1) is 18.7. The minimum Gasteiger partial charge on any atom is -0.373 e. The molecule has 0 aliphatic carbocycles. The maximum atomic E-state index is 13.2. The number of fused-ring (bicyclic) bond motifs is 1. The fraction of sp³-hybridized carbons (Fsp3) is 0.333. The van der Waals surface area contributed by atoms with Gasteiger partial charge in [-0.25, -0.2) is 4.68 Å². The molecule has 4 nitrogen and oxygen atoms in total. The van der Waals surface area contributed by atoms with Crippen LogP contribution in [0.2, 0.25) is 0 Å². The van der Waals surface area contributed by atoms with Crippen molar-refractivity contribution in [3.63, 3.8) is 0 Å². The Kier molecular flexibility index (Phi) is 4.50. The third-order valence-corrected chi connectivity index (χ3v) is 4.86. The van der Waals surface area contributed by atoms with Gasteiger partial charge >= 0.3 is 6.18 Å². The van der Waals surface area contributed by atoms with Gasteiger partial charge in [-0.2, -0.15) is 18.3 Å². The van der Waals surface area contributed by atoms with Gasteiger partial charge in [0, 0.05) is 28.9 Å². The predicted octanol–water partition coefficient (Wildman–Crippen LogP) is 5.03. The number of aromatic nitrogens is 3. The molecule has 0 amide bonds. The van der Waals surface area contributed by atoms with Gasteiger partial charge in [0.25, 0.3) is 0 Å². The Morgan fingerprint density at radius 2 is 1.82 bits per heavy atom. The summed E-state index contributed by atoms with van der Waals surface area (Å²) < 4.78 is 47.0. The maximum absolute atomic E-state index is 13.2. The summed E-state index contributed by atoms with van der Waals surface area (Å²) in [5, 5.41) is 4.71. The fourth-order valence-electron chi connectivity index (χ4n) is 3.63. The molecule has 7 heteroatoms. The molecule has 2 aromatic heterocycles. The lowest BCUT2D eigenvalue weighted by Crippen LogP contribution is -2.21. The summed E-state index contributed by atoms with van der Waals surface area (Å²) in [5.74, 6) is 0. The Hall–Kier alpha value is -2.67. The third-order valence-electron chi connectivity index (χ3n) is 4.86. The first-order valence-electron chi connectivity index (χ1n) is 9.08. The molecule has 0 spiro atoms. The van der Waals surface area contributed by atoms with E-state index in [1.807, 2.05) is 32.9 Å². The number of alkyl halides is 3. The Morgan fingerprint density at radius 3 is 2.50 bits per heavy atom. The molecule has 1 atom stereocenters. The van der Waals surface area contributed by atoms with Gasteiger partial charge in [-0.05, 0) is 51.1 Å². The van der Waals surface area contributed by atoms with Gasteiger partial charge in [0.2, 0.25) is 0 Å². The topological polar surface area (TPSA) is 39.9 Å². The number of nitrogens with zero attached hydrogens (tertiary/aromatic N) is 3. The lowest BCUT2D eigenvalue weighted by molar-refractivity contribution is -0.137. The van der Waals surface area contributed by atoms with Crippen molar-refractivity contribution in [1.29, 1.82) is 0 Å². The van der Waals surface area contributed by atoms with Gasteiger partial charge < -0.3 is 4.74 Å². The lowest BCUT2D eigenvalue weighted by atomic mass is 10.0. The van der Waals surface area contributed by atoms with Crippen LogP contribution in [-0.2, 0) is 23.9 Å². The Labute approximate surface area is 161 Å². The third kappa shape index (κ3) is 3.42. The van der Waals surface area contributed by atoms with Crippen molar-refractivity contribution in [3.8, 4) is 16.9 Å². The molecule has 146 valence electrons. The van der Waals surface area contributed by atoms with Crippen LogP contribution in [0, 0.1) is 13.8 Å². The van der Waals surface area contributed by atoms with Gasteiger partial charge in [-0.15, -0.1) is 0 Å². The van der Waals surface area contributed by atoms with Crippen LogP contribution >= 0.6 is 0 Å². The molecular weight excluding hydrogens is 367 g/mol. The molecule has 1 unspecified atom stereocenters. The van der Waals surface area contributed by atoms with Crippen LogP contribution < -0.4 is 0 Å². The van der Waals surface area contributed by atoms with Gasteiger partial charge in [0.1, 0.15) is 0 Å². The van der Waals surface area contributed by atoms with Crippen molar-refractivity contribution < 1.29 is 17.9 Å². The summed E-state index contributed by atoms with van der Waals surface area (Å²) in [5.41, 5.74) is 4.86.